The van der Waals surface area contributed by atoms with E-state index in [2.05, 4.69) is 21.3 Å². The number of hydrogen-bond donors (Lipinski definition) is 34. The summed E-state index contributed by atoms with van der Waals surface area (Å²) < 4.78 is 137. The Morgan fingerprint density at radius 1 is 0.315 bits per heavy atom. The molecule has 0 spiro atoms. The molecule has 34 N–H and O–H groups in total. The van der Waals surface area contributed by atoms with E-state index in [4.69, 9.17) is 109 Å². The first-order chi connectivity index (χ1) is 69.0. The molecule has 146 heavy (non-hydrogen) atoms. The number of nitrogens with one attached hydrogen (secondary N) is 4. The highest BCUT2D eigenvalue weighted by Crippen LogP contribution is 2.45. The lowest BCUT2D eigenvalue weighted by Crippen LogP contribution is -2.71. The third-order valence-electron chi connectivity index (χ3n) is 27.3. The van der Waals surface area contributed by atoms with Crippen molar-refractivity contribution in [3.8, 4) is 0 Å². The van der Waals surface area contributed by atoms with Crippen molar-refractivity contribution < 1.29 is 291 Å². The molecular weight excluding hydrogens is 2000 g/mol. The molecule has 63 heteroatoms. The van der Waals surface area contributed by atoms with E-state index >= 15 is 0 Å². The third kappa shape index (κ3) is 26.9. The van der Waals surface area contributed by atoms with E-state index in [9.17, 15) is 182 Å². The molecule has 21 unspecified atom stereocenters. The van der Waals surface area contributed by atoms with E-state index in [1.165, 1.54) is 20.8 Å². The third-order valence-corrected chi connectivity index (χ3v) is 27.3. The minimum absolute atomic E-state index is 0.207. The number of carbonyl (C=O) groups excluding carboxylic acids is 6. The van der Waals surface area contributed by atoms with Gasteiger partial charge in [0.1, 0.15) is 238 Å². The lowest BCUT2D eigenvalue weighted by Gasteiger charge is -2.51. The minimum Gasteiger partial charge on any atom is -0.410 e. The number of amides is 4. The van der Waals surface area contributed by atoms with Gasteiger partial charge in [0.15, 0.2) is 50.3 Å². The Balaban J connectivity index is 0.896. The lowest BCUT2D eigenvalue weighted by molar-refractivity contribution is -0.448. The summed E-state index contributed by atoms with van der Waals surface area (Å²) in [4.78, 5) is 76.3. The van der Waals surface area contributed by atoms with Crippen LogP contribution >= 0.6 is 0 Å². The number of ether oxygens (including phenoxy) is 23. The number of carbonyl (C=O) groups is 6. The zero-order valence-corrected chi connectivity index (χ0v) is 79.4. The molecule has 0 bridgehead atoms. The maximum Gasteiger partial charge on any atom is 0.332 e. The summed E-state index contributed by atoms with van der Waals surface area (Å²) in [5, 5.41) is 350. The first kappa shape index (κ1) is 121. The van der Waals surface area contributed by atoms with Crippen molar-refractivity contribution in [1.82, 2.24) is 21.3 Å². The Hall–Kier alpha value is -5.22. The summed E-state index contributed by atoms with van der Waals surface area (Å²) in [5.74, 6) is -11.5. The van der Waals surface area contributed by atoms with Crippen molar-refractivity contribution in [2.45, 2.75) is 398 Å². The van der Waals surface area contributed by atoms with Gasteiger partial charge in [-0.25, -0.2) is 0 Å². The number of aliphatic hydroxyl groups excluding tert-OH is 30. The van der Waals surface area contributed by atoms with E-state index in [1.807, 2.05) is 0 Å². The van der Waals surface area contributed by atoms with Crippen molar-refractivity contribution in [3.05, 3.63) is 0 Å². The van der Waals surface area contributed by atoms with Crippen LogP contribution in [0.3, 0.4) is 0 Å². The van der Waals surface area contributed by atoms with Gasteiger partial charge >= 0.3 is 11.9 Å². The predicted octanol–water partition coefficient (Wildman–Crippen LogP) is -22.3. The van der Waals surface area contributed by atoms with Crippen molar-refractivity contribution in [2.24, 2.45) is 11.8 Å². The molecule has 57 atom stereocenters. The van der Waals surface area contributed by atoms with Crippen LogP contribution in [0.1, 0.15) is 61.3 Å². The van der Waals surface area contributed by atoms with E-state index in [0.717, 1.165) is 27.7 Å². The van der Waals surface area contributed by atoms with Crippen LogP contribution in [-0.4, -0.2) is 599 Å². The SMILES string of the molecule is CC(=O)NC1C(O)[C@H](O[C@@H]2OC(CO)[C@H](O)[C@H](O[C@]3(OC=O)C[C@@H](O)[C@@H](C)C([C@H](O)[C@H](O)CO)O3)C2O)[C@H](CO)O[C@H]1OC1[C@@H](OCC2O[C@@H](O[C@@H]3C(CO)O[C@@H](O[C@@H]4C(CO)O[C@@H](C)C(NC(C)=O)[C@H]4O)C(NC(C)=O)[C@H]3O)C(O)[C@@H](O[C@H]3OC(CO)[C@@H](O)C(O)C3O[C@@H]3OC(CO)[C@@H](O[C@@H]4OC(CO[C@]5(OC=O)C[C@@H](O)[C@@H](C)C([C@H](O)[C@H](O)CO)O5)[C@H](O)[C@H](O)C4O)[C@H](O)C3NC(C)=O)[C@@H]2O)OC(CO)[C@@H](O)[C@@H]1O. The van der Waals surface area contributed by atoms with Gasteiger partial charge in [0, 0.05) is 39.5 Å². The van der Waals surface area contributed by atoms with Crippen molar-refractivity contribution in [2.75, 3.05) is 72.7 Å². The molecule has 4 amide bonds. The van der Waals surface area contributed by atoms with Crippen LogP contribution in [-0.2, 0) is 138 Å². The summed E-state index contributed by atoms with van der Waals surface area (Å²) in [5.41, 5.74) is 0. The maximum absolute atomic E-state index is 13.3. The molecule has 0 saturated carbocycles. The van der Waals surface area contributed by atoms with Crippen LogP contribution in [0.25, 0.3) is 0 Å². The summed E-state index contributed by atoms with van der Waals surface area (Å²) in [6.45, 7) is -5.30. The highest BCUT2D eigenvalue weighted by atomic mass is 16.9. The van der Waals surface area contributed by atoms with Gasteiger partial charge in [-0.05, 0) is 6.92 Å². The molecule has 0 radical (unpaired) electrons. The first-order valence-corrected chi connectivity index (χ1v) is 46.9. The van der Waals surface area contributed by atoms with Crippen LogP contribution in [0.5, 0.6) is 0 Å². The minimum atomic E-state index is -2.91. The predicted molar refractivity (Wildman–Crippen MR) is 452 cm³/mol. The number of hydrogen-bond acceptors (Lipinski definition) is 59. The van der Waals surface area contributed by atoms with Gasteiger partial charge in [-0.15, -0.1) is 0 Å². The summed E-state index contributed by atoms with van der Waals surface area (Å²) in [6, 6.07) is -7.40. The summed E-state index contributed by atoms with van der Waals surface area (Å²) in [7, 11) is 0. The van der Waals surface area contributed by atoms with E-state index in [0.29, 0.717) is 0 Å². The molecule has 844 valence electrons. The van der Waals surface area contributed by atoms with Crippen molar-refractivity contribution in [3.63, 3.8) is 0 Å². The second-order valence-electron chi connectivity index (χ2n) is 37.4. The van der Waals surface area contributed by atoms with Crippen molar-refractivity contribution in [1.29, 1.82) is 0 Å². The highest BCUT2D eigenvalue weighted by molar-refractivity contribution is 5.74. The van der Waals surface area contributed by atoms with Gasteiger partial charge in [0.05, 0.1) is 122 Å². The zero-order chi connectivity index (χ0) is 108. The fourth-order valence-electron chi connectivity index (χ4n) is 19.2. The van der Waals surface area contributed by atoms with Crippen LogP contribution in [0.4, 0.5) is 0 Å². The molecule has 0 aromatic rings. The quantitative estimate of drug-likeness (QED) is 0.0199. The molecule has 11 aliphatic rings. The molecule has 0 aliphatic carbocycles. The highest BCUT2D eigenvalue weighted by Gasteiger charge is 2.65. The Morgan fingerprint density at radius 2 is 0.616 bits per heavy atom. The summed E-state index contributed by atoms with van der Waals surface area (Å²) in [6.07, 6.45) is -106. The Kier molecular flexibility index (Phi) is 43.8. The monoisotopic (exact) mass is 2130 g/mol. The Labute approximate surface area is 828 Å². The molecule has 0 aromatic heterocycles. The molecule has 11 aliphatic heterocycles. The second kappa shape index (κ2) is 52.8. The van der Waals surface area contributed by atoms with Crippen LogP contribution < -0.4 is 21.3 Å². The van der Waals surface area contributed by atoms with E-state index in [1.54, 1.807) is 0 Å². The number of rotatable bonds is 43. The molecule has 11 heterocycles. The smallest absolute Gasteiger partial charge is 0.332 e. The van der Waals surface area contributed by atoms with Gasteiger partial charge in [-0.1, -0.05) is 13.8 Å². The van der Waals surface area contributed by atoms with Crippen LogP contribution in [0.15, 0.2) is 0 Å². The van der Waals surface area contributed by atoms with Gasteiger partial charge in [0.2, 0.25) is 23.6 Å². The largest absolute Gasteiger partial charge is 0.410 e. The van der Waals surface area contributed by atoms with Gasteiger partial charge < -0.3 is 283 Å². The standard InChI is InChI=1S/C83H138N4O59/c1-23-30(103)8-82(126-21-97,144-64(23)47(107)32(105)10-88)125-20-42-51(111)58(118)61(121)77(136-42)138-67-38(16-94)134-76(46(56(67)116)87-29(7)102)143-73-60(120)50(110)35(13-91)131-81(73)141-70-53(113)41(135-78(62(70)122)139-68-39(17-95)132-74(44(55(68)115)85-27(5)100)137-66-37(15-93)128-25(3)43(54(66)114)84-26(4)99)19-124-80-72(59(119)49(109)34(12-90)130-80)142-75-45(86-28(6)101)57(117)69(40(18-96)133-75)140-79-63(123)71(52(112)36(14-92)129-79)146-83(127-22-98)9-31(104)24(2)65(145-83)48(108)33(106)11-89/h21-25,30-81,88-96,103-123H,8-20H2,1-7H3,(H,84,99)(H,85,100)(H,86,101)(H,87,102)/t23-,24-,25+,30-,31-,32-,33-,34?,35?,36?,37?,38?,39?,40+,41?,42?,43?,44?,45?,46?,47-,48-,49-,50-,51+,52+,53-,54-,55-,56-,57?,58+,59+,60?,61?,62?,63?,64?,65?,66-,67-,68-,69-,70+,71+,72?,73?,74+,75+,76+,77+,78+,79+,80+,81-,82+,83+/m1/s1. The van der Waals surface area contributed by atoms with Crippen LogP contribution in [0, 0.1) is 11.8 Å². The lowest BCUT2D eigenvalue weighted by atomic mass is 9.87. The molecule has 11 fully saturated rings. The van der Waals surface area contributed by atoms with Crippen molar-refractivity contribution >= 4 is 36.6 Å². The normalized spacial score (nSPS) is 47.5. The summed E-state index contributed by atoms with van der Waals surface area (Å²) >= 11 is 0. The average Bonchev–Trinajstić information content (AvgIpc) is 0.749. The molecular formula is C83H138N4O59. The first-order valence-electron chi connectivity index (χ1n) is 46.9. The number of aliphatic hydroxyl groups is 30. The van der Waals surface area contributed by atoms with E-state index < -0.39 is 458 Å². The molecule has 0 aromatic carbocycles. The molecule has 11 rings (SSSR count). The average molecular weight is 2140 g/mol. The van der Waals surface area contributed by atoms with Gasteiger partial charge in [0.25, 0.3) is 12.9 Å². The Morgan fingerprint density at radius 3 is 1.03 bits per heavy atom. The fourth-order valence-corrected chi connectivity index (χ4v) is 19.2. The topological polar surface area (TPSA) is 970 Å². The fraction of sp³-hybridized carbons (Fsp3) is 0.928. The Bertz CT molecular complexity index is 4070. The molecule has 63 nitrogen and oxygen atoms in total. The maximum atomic E-state index is 13.3. The van der Waals surface area contributed by atoms with Gasteiger partial charge in [-0.3, -0.25) is 28.8 Å². The molecule has 11 saturated heterocycles. The van der Waals surface area contributed by atoms with Gasteiger partial charge in [-0.2, -0.15) is 0 Å². The van der Waals surface area contributed by atoms with E-state index in [-0.39, 0.29) is 12.9 Å². The van der Waals surface area contributed by atoms with Crippen LogP contribution in [0.2, 0.25) is 0 Å². The zero-order valence-electron chi connectivity index (χ0n) is 79.4. The second-order valence-corrected chi connectivity index (χ2v) is 37.4.